The lowest BCUT2D eigenvalue weighted by atomic mass is 9.44. The lowest BCUT2D eigenvalue weighted by Gasteiger charge is -2.67. The number of ether oxygens (including phenoxy) is 5. The molecular formula is C40H48O13. The van der Waals surface area contributed by atoms with Crippen LogP contribution >= 0.6 is 0 Å². The van der Waals surface area contributed by atoms with Gasteiger partial charge in [0, 0.05) is 24.2 Å². The normalized spacial score (nSPS) is 35.0. The summed E-state index contributed by atoms with van der Waals surface area (Å²) in [5.41, 5.74) is -6.75. The minimum atomic E-state index is -2.26. The van der Waals surface area contributed by atoms with E-state index in [1.54, 1.807) is 83.1 Å². The van der Waals surface area contributed by atoms with Crippen LogP contribution in [-0.2, 0) is 39.9 Å². The molecular weight excluding hydrogens is 688 g/mol. The molecule has 1 saturated heterocycles. The van der Waals surface area contributed by atoms with Crippen LogP contribution in [0.25, 0.3) is 0 Å². The van der Waals surface area contributed by atoms with Gasteiger partial charge in [-0.1, -0.05) is 76.2 Å². The monoisotopic (exact) mass is 736 g/mol. The van der Waals surface area contributed by atoms with Crippen molar-refractivity contribution in [1.29, 1.82) is 0 Å². The van der Waals surface area contributed by atoms with E-state index in [0.717, 1.165) is 0 Å². The number of ketones is 1. The van der Waals surface area contributed by atoms with E-state index >= 15 is 4.79 Å². The van der Waals surface area contributed by atoms with Crippen LogP contribution in [0.2, 0.25) is 0 Å². The molecule has 13 heteroatoms. The highest BCUT2D eigenvalue weighted by Gasteiger charge is 2.77. The van der Waals surface area contributed by atoms with Gasteiger partial charge in [0.15, 0.2) is 11.9 Å². The Kier molecular flexibility index (Phi) is 10.1. The van der Waals surface area contributed by atoms with E-state index in [1.165, 1.54) is 19.1 Å². The van der Waals surface area contributed by atoms with Gasteiger partial charge in [-0.3, -0.25) is 4.79 Å². The smallest absolute Gasteiger partial charge is 0.456 e. The van der Waals surface area contributed by atoms with Crippen molar-refractivity contribution in [3.05, 3.63) is 82.9 Å². The average Bonchev–Trinajstić information content (AvgIpc) is 3.12. The number of benzene rings is 2. The van der Waals surface area contributed by atoms with E-state index in [2.05, 4.69) is 0 Å². The number of rotatable bonds is 8. The summed E-state index contributed by atoms with van der Waals surface area (Å²) in [6.07, 6.45) is -10.7. The minimum Gasteiger partial charge on any atom is -0.456 e. The quantitative estimate of drug-likeness (QED) is 0.175. The summed E-state index contributed by atoms with van der Waals surface area (Å²) < 4.78 is 29.1. The van der Waals surface area contributed by atoms with Crippen molar-refractivity contribution < 1.29 is 63.3 Å². The Morgan fingerprint density at radius 1 is 0.943 bits per heavy atom. The van der Waals surface area contributed by atoms with E-state index in [9.17, 15) is 34.8 Å². The molecule has 0 radical (unpaired) electrons. The first-order valence-corrected chi connectivity index (χ1v) is 17.9. The number of esters is 2. The molecule has 53 heavy (non-hydrogen) atoms. The van der Waals surface area contributed by atoms with Crippen LogP contribution in [0.4, 0.5) is 4.79 Å². The van der Waals surface area contributed by atoms with Gasteiger partial charge in [-0.05, 0) is 48.6 Å². The Labute approximate surface area is 307 Å². The summed E-state index contributed by atoms with van der Waals surface area (Å²) in [6.45, 7) is 8.89. The van der Waals surface area contributed by atoms with Crippen molar-refractivity contribution in [3.8, 4) is 0 Å². The Balaban J connectivity index is 1.51. The first-order valence-electron chi connectivity index (χ1n) is 17.9. The summed E-state index contributed by atoms with van der Waals surface area (Å²) in [6, 6.07) is 16.8. The van der Waals surface area contributed by atoms with E-state index in [0.29, 0.717) is 5.56 Å². The predicted octanol–water partition coefficient (Wildman–Crippen LogP) is 3.44. The Hall–Kier alpha value is -4.14. The first kappa shape index (κ1) is 38.6. The number of Topliss-reactive ketones (excluding diaryl/α,β-unsaturated/α-hetero) is 1. The van der Waals surface area contributed by atoms with Crippen molar-refractivity contribution in [2.24, 2.45) is 22.7 Å². The number of aliphatic hydroxyl groups is 4. The molecule has 4 N–H and O–H groups in total. The molecule has 0 aromatic heterocycles. The van der Waals surface area contributed by atoms with Crippen molar-refractivity contribution in [2.75, 3.05) is 6.61 Å². The molecule has 0 spiro atoms. The van der Waals surface area contributed by atoms with E-state index in [-0.39, 0.29) is 36.3 Å². The molecule has 8 unspecified atom stereocenters. The number of carbonyl (C=O) groups excluding carboxylic acids is 4. The second-order valence-corrected chi connectivity index (χ2v) is 15.8. The van der Waals surface area contributed by atoms with Crippen LogP contribution in [0.1, 0.15) is 70.3 Å². The zero-order valence-electron chi connectivity index (χ0n) is 30.7. The maximum Gasteiger partial charge on any atom is 0.508 e. The maximum atomic E-state index is 15.1. The number of hydrogen-bond acceptors (Lipinski definition) is 13. The van der Waals surface area contributed by atoms with Gasteiger partial charge in [-0.25, -0.2) is 14.4 Å². The lowest BCUT2D eigenvalue weighted by Crippen LogP contribution is -2.81. The van der Waals surface area contributed by atoms with Crippen molar-refractivity contribution in [1.82, 2.24) is 0 Å². The van der Waals surface area contributed by atoms with Gasteiger partial charge >= 0.3 is 18.1 Å². The third-order valence-electron chi connectivity index (χ3n) is 12.2. The molecule has 13 nitrogen and oxygen atoms in total. The molecule has 3 aliphatic carbocycles. The first-order chi connectivity index (χ1) is 24.9. The molecule has 0 amide bonds. The minimum absolute atomic E-state index is 0.00195. The second-order valence-electron chi connectivity index (χ2n) is 15.8. The summed E-state index contributed by atoms with van der Waals surface area (Å²) in [5, 5.41) is 48.4. The Bertz CT molecular complexity index is 1770. The maximum absolute atomic E-state index is 15.1. The fourth-order valence-electron chi connectivity index (χ4n) is 8.87. The van der Waals surface area contributed by atoms with Gasteiger partial charge in [0.1, 0.15) is 42.2 Å². The van der Waals surface area contributed by atoms with Gasteiger partial charge in [0.2, 0.25) is 0 Å². The Morgan fingerprint density at radius 2 is 1.57 bits per heavy atom. The second kappa shape index (κ2) is 13.9. The van der Waals surface area contributed by atoms with Crippen LogP contribution in [-0.4, -0.2) is 98.7 Å². The third-order valence-corrected chi connectivity index (χ3v) is 12.2. The van der Waals surface area contributed by atoms with Crippen molar-refractivity contribution in [2.45, 2.75) is 109 Å². The van der Waals surface area contributed by atoms with Gasteiger partial charge < -0.3 is 44.1 Å². The SMILES string of the molecule is CC1=C2C(O)C(=O)[C@]3(C)C(OC(=O)OCc4ccccc4)CC4OC[C@@]4(O)C3C(OC(=O)c3ccccc3)C(O)(CC1OC(=O)C(O)C(C)C)C2(C)C. The molecule has 2 aromatic carbocycles. The zero-order valence-corrected chi connectivity index (χ0v) is 30.7. The molecule has 2 bridgehead atoms. The predicted molar refractivity (Wildman–Crippen MR) is 186 cm³/mol. The average molecular weight is 737 g/mol. The number of fused-ring (bicyclic) bond motifs is 5. The fourth-order valence-corrected chi connectivity index (χ4v) is 8.87. The fraction of sp³-hybridized carbons (Fsp3) is 0.550. The van der Waals surface area contributed by atoms with Gasteiger partial charge in [-0.2, -0.15) is 0 Å². The molecule has 6 rings (SSSR count). The molecule has 2 saturated carbocycles. The van der Waals surface area contributed by atoms with E-state index in [4.69, 9.17) is 23.7 Å². The van der Waals surface area contributed by atoms with Gasteiger partial charge in [0.25, 0.3) is 0 Å². The molecule has 1 heterocycles. The number of carbonyl (C=O) groups is 4. The molecule has 4 aliphatic rings. The number of aliphatic hydroxyl groups excluding tert-OH is 2. The molecule has 2 aromatic rings. The van der Waals surface area contributed by atoms with Crippen LogP contribution < -0.4 is 0 Å². The molecule has 3 fully saturated rings. The van der Waals surface area contributed by atoms with Crippen LogP contribution in [0.3, 0.4) is 0 Å². The van der Waals surface area contributed by atoms with Gasteiger partial charge in [0.05, 0.1) is 23.7 Å². The molecule has 1 aliphatic heterocycles. The number of hydrogen-bond donors (Lipinski definition) is 4. The van der Waals surface area contributed by atoms with Crippen molar-refractivity contribution >= 4 is 23.9 Å². The molecule has 10 atom stereocenters. The zero-order chi connectivity index (χ0) is 38.7. The van der Waals surface area contributed by atoms with E-state index in [1.807, 2.05) is 0 Å². The standard InChI is InChI=1S/C40H48O13/c1-21(2)29(41)35(45)51-25-18-40(48)33(53-34(44)24-15-11-8-12-16-24)31-38(6,32(43)30(42)28(22(25)3)37(40,4)5)26(17-27-39(31,47)20-50-27)52-36(46)49-19-23-13-9-7-10-14-23/h7-16,21,25-27,29-31,33,41-42,47-48H,17-20H2,1-6H3/t25?,26?,27?,29?,30?,31?,33?,38-,39+,40?/m1/s1. The largest absolute Gasteiger partial charge is 0.508 e. The summed E-state index contributed by atoms with van der Waals surface area (Å²) in [7, 11) is 0. The van der Waals surface area contributed by atoms with E-state index < -0.39 is 101 Å². The summed E-state index contributed by atoms with van der Waals surface area (Å²) >= 11 is 0. The molecule has 286 valence electrons. The third kappa shape index (κ3) is 6.25. The summed E-state index contributed by atoms with van der Waals surface area (Å²) in [4.78, 5) is 55.5. The van der Waals surface area contributed by atoms with Gasteiger partial charge in [-0.15, -0.1) is 0 Å². The highest BCUT2D eigenvalue weighted by molar-refractivity contribution is 5.94. The van der Waals surface area contributed by atoms with Crippen LogP contribution in [0.5, 0.6) is 0 Å². The summed E-state index contributed by atoms with van der Waals surface area (Å²) in [5.74, 6) is -4.83. The Morgan fingerprint density at radius 3 is 2.15 bits per heavy atom. The topological polar surface area (TPSA) is 195 Å². The highest BCUT2D eigenvalue weighted by Crippen LogP contribution is 2.63. The van der Waals surface area contributed by atoms with Crippen LogP contribution in [0.15, 0.2) is 71.8 Å². The van der Waals surface area contributed by atoms with Crippen LogP contribution in [0, 0.1) is 22.7 Å². The van der Waals surface area contributed by atoms with Crippen molar-refractivity contribution in [3.63, 3.8) is 0 Å². The highest BCUT2D eigenvalue weighted by atomic mass is 16.7. The lowest BCUT2D eigenvalue weighted by molar-refractivity contribution is -0.344.